The van der Waals surface area contributed by atoms with Crippen LogP contribution in [-0.2, 0) is 0 Å². The zero-order valence-corrected chi connectivity index (χ0v) is 9.26. The summed E-state index contributed by atoms with van der Waals surface area (Å²) in [6.45, 7) is 5.32. The molecule has 0 saturated heterocycles. The number of benzene rings is 1. The molecule has 1 aromatic carbocycles. The zero-order valence-electron chi connectivity index (χ0n) is 9.26. The molecule has 0 unspecified atom stereocenters. The quantitative estimate of drug-likeness (QED) is 0.745. The maximum absolute atomic E-state index is 13.4. The number of hydrogen-bond acceptors (Lipinski definition) is 2. The van der Waals surface area contributed by atoms with Crippen LogP contribution in [0, 0.1) is 5.82 Å². The van der Waals surface area contributed by atoms with Crippen molar-refractivity contribution in [2.24, 2.45) is 0 Å². The SMILES string of the molecule is C=C(CNC)CN(C)c1ccccc1F. The van der Waals surface area contributed by atoms with E-state index in [0.717, 1.165) is 12.1 Å². The number of rotatable bonds is 5. The van der Waals surface area contributed by atoms with E-state index in [0.29, 0.717) is 12.2 Å². The number of anilines is 1. The van der Waals surface area contributed by atoms with Gasteiger partial charge in [0.25, 0.3) is 0 Å². The summed E-state index contributed by atoms with van der Waals surface area (Å²) in [6.07, 6.45) is 0. The predicted octanol–water partition coefficient (Wildman–Crippen LogP) is 2.04. The van der Waals surface area contributed by atoms with E-state index in [2.05, 4.69) is 11.9 Å². The van der Waals surface area contributed by atoms with E-state index < -0.39 is 0 Å². The summed E-state index contributed by atoms with van der Waals surface area (Å²) in [6, 6.07) is 6.75. The van der Waals surface area contributed by atoms with Gasteiger partial charge in [-0.25, -0.2) is 4.39 Å². The Morgan fingerprint density at radius 1 is 1.47 bits per heavy atom. The molecule has 0 radical (unpaired) electrons. The molecule has 0 aliphatic heterocycles. The third-order valence-corrected chi connectivity index (χ3v) is 2.15. The van der Waals surface area contributed by atoms with Gasteiger partial charge in [0.15, 0.2) is 0 Å². The predicted molar refractivity (Wildman–Crippen MR) is 62.7 cm³/mol. The van der Waals surface area contributed by atoms with Crippen molar-refractivity contribution in [2.45, 2.75) is 0 Å². The van der Waals surface area contributed by atoms with Gasteiger partial charge in [0.2, 0.25) is 0 Å². The maximum Gasteiger partial charge on any atom is 0.146 e. The Bertz CT molecular complexity index is 336. The van der Waals surface area contributed by atoms with Crippen molar-refractivity contribution in [1.29, 1.82) is 0 Å². The molecular weight excluding hydrogens is 191 g/mol. The van der Waals surface area contributed by atoms with Crippen molar-refractivity contribution in [1.82, 2.24) is 5.32 Å². The summed E-state index contributed by atoms with van der Waals surface area (Å²) >= 11 is 0. The highest BCUT2D eigenvalue weighted by Gasteiger charge is 2.06. The van der Waals surface area contributed by atoms with Crippen molar-refractivity contribution in [3.8, 4) is 0 Å². The molecule has 1 rings (SSSR count). The molecule has 1 aromatic rings. The summed E-state index contributed by atoms with van der Waals surface area (Å²) in [5.74, 6) is -0.197. The number of nitrogens with zero attached hydrogens (tertiary/aromatic N) is 1. The van der Waals surface area contributed by atoms with Crippen molar-refractivity contribution >= 4 is 5.69 Å². The average Bonchev–Trinajstić information content (AvgIpc) is 2.18. The lowest BCUT2D eigenvalue weighted by atomic mass is 10.2. The standard InChI is InChI=1S/C12H17FN2/c1-10(8-14-2)9-15(3)12-7-5-4-6-11(12)13/h4-7,14H,1,8-9H2,2-3H3. The number of halogens is 1. The fourth-order valence-corrected chi connectivity index (χ4v) is 1.49. The van der Waals surface area contributed by atoms with Crippen LogP contribution in [0.3, 0.4) is 0 Å². The molecule has 3 heteroatoms. The number of hydrogen-bond donors (Lipinski definition) is 1. The van der Waals surface area contributed by atoms with Crippen molar-refractivity contribution in [2.75, 3.05) is 32.1 Å². The van der Waals surface area contributed by atoms with E-state index in [1.807, 2.05) is 25.1 Å². The van der Waals surface area contributed by atoms with Crippen LogP contribution in [-0.4, -0.2) is 27.2 Å². The summed E-state index contributed by atoms with van der Waals surface area (Å²) in [7, 11) is 3.73. The maximum atomic E-state index is 13.4. The molecule has 1 N–H and O–H groups in total. The van der Waals surface area contributed by atoms with Crippen molar-refractivity contribution in [3.05, 3.63) is 42.2 Å². The summed E-state index contributed by atoms with van der Waals surface area (Å²) in [4.78, 5) is 1.86. The third-order valence-electron chi connectivity index (χ3n) is 2.15. The van der Waals surface area contributed by atoms with Gasteiger partial charge < -0.3 is 10.2 Å². The van der Waals surface area contributed by atoms with Crippen LogP contribution < -0.4 is 10.2 Å². The molecule has 0 fully saturated rings. The smallest absolute Gasteiger partial charge is 0.146 e. The van der Waals surface area contributed by atoms with Crippen LogP contribution >= 0.6 is 0 Å². The van der Waals surface area contributed by atoms with Crippen LogP contribution in [0.25, 0.3) is 0 Å². The Kier molecular flexibility index (Phi) is 4.31. The highest BCUT2D eigenvalue weighted by Crippen LogP contribution is 2.17. The van der Waals surface area contributed by atoms with Gasteiger partial charge in [-0.1, -0.05) is 18.7 Å². The van der Waals surface area contributed by atoms with E-state index in [1.54, 1.807) is 12.1 Å². The number of nitrogens with one attached hydrogen (secondary N) is 1. The second-order valence-corrected chi connectivity index (χ2v) is 3.59. The molecule has 0 heterocycles. The second-order valence-electron chi connectivity index (χ2n) is 3.59. The first kappa shape index (κ1) is 11.7. The van der Waals surface area contributed by atoms with Crippen LogP contribution in [0.4, 0.5) is 10.1 Å². The molecule has 0 aliphatic carbocycles. The Balaban J connectivity index is 2.65. The van der Waals surface area contributed by atoms with Gasteiger partial charge in [-0.15, -0.1) is 0 Å². The summed E-state index contributed by atoms with van der Waals surface area (Å²) in [5.41, 5.74) is 1.64. The van der Waals surface area contributed by atoms with Crippen molar-refractivity contribution < 1.29 is 4.39 Å². The molecule has 0 amide bonds. The highest BCUT2D eigenvalue weighted by atomic mass is 19.1. The average molecular weight is 208 g/mol. The molecule has 2 nitrogen and oxygen atoms in total. The van der Waals surface area contributed by atoms with Gasteiger partial charge in [-0.05, 0) is 24.8 Å². The molecule has 0 aromatic heterocycles. The fourth-order valence-electron chi connectivity index (χ4n) is 1.49. The lowest BCUT2D eigenvalue weighted by Gasteiger charge is -2.21. The van der Waals surface area contributed by atoms with E-state index in [9.17, 15) is 4.39 Å². The third kappa shape index (κ3) is 3.36. The molecule has 0 spiro atoms. The van der Waals surface area contributed by atoms with Crippen LogP contribution in [0.2, 0.25) is 0 Å². The Labute approximate surface area is 90.4 Å². The first-order valence-corrected chi connectivity index (χ1v) is 4.92. The first-order chi connectivity index (χ1) is 7.15. The first-order valence-electron chi connectivity index (χ1n) is 4.92. The van der Waals surface area contributed by atoms with E-state index in [1.165, 1.54) is 6.07 Å². The van der Waals surface area contributed by atoms with Gasteiger partial charge >= 0.3 is 0 Å². The van der Waals surface area contributed by atoms with Gasteiger partial charge in [0, 0.05) is 20.1 Å². The molecule has 0 atom stereocenters. The molecule has 0 saturated carbocycles. The number of para-hydroxylation sites is 1. The normalized spacial score (nSPS) is 10.1. The minimum atomic E-state index is -0.197. The minimum Gasteiger partial charge on any atom is -0.368 e. The Hall–Kier alpha value is -1.35. The molecule has 82 valence electrons. The van der Waals surface area contributed by atoms with Gasteiger partial charge in [0.05, 0.1) is 5.69 Å². The molecule has 0 aliphatic rings. The lowest BCUT2D eigenvalue weighted by molar-refractivity contribution is 0.624. The van der Waals surface area contributed by atoms with Gasteiger partial charge in [0.1, 0.15) is 5.82 Å². The number of likely N-dealkylation sites (N-methyl/N-ethyl adjacent to an activating group) is 2. The fraction of sp³-hybridized carbons (Fsp3) is 0.333. The van der Waals surface area contributed by atoms with Crippen LogP contribution in [0.5, 0.6) is 0 Å². The largest absolute Gasteiger partial charge is 0.368 e. The zero-order chi connectivity index (χ0) is 11.3. The molecule has 0 bridgehead atoms. The second kappa shape index (κ2) is 5.51. The topological polar surface area (TPSA) is 15.3 Å². The molecular formula is C12H17FN2. The Morgan fingerprint density at radius 3 is 2.73 bits per heavy atom. The minimum absolute atomic E-state index is 0.197. The molecule has 15 heavy (non-hydrogen) atoms. The van der Waals surface area contributed by atoms with Gasteiger partial charge in [-0.2, -0.15) is 0 Å². The van der Waals surface area contributed by atoms with E-state index in [-0.39, 0.29) is 5.82 Å². The monoisotopic (exact) mass is 208 g/mol. The lowest BCUT2D eigenvalue weighted by Crippen LogP contribution is -2.24. The van der Waals surface area contributed by atoms with E-state index in [4.69, 9.17) is 0 Å². The van der Waals surface area contributed by atoms with E-state index >= 15 is 0 Å². The summed E-state index contributed by atoms with van der Waals surface area (Å²) < 4.78 is 13.4. The Morgan fingerprint density at radius 2 is 2.13 bits per heavy atom. The highest BCUT2D eigenvalue weighted by molar-refractivity contribution is 5.47. The van der Waals surface area contributed by atoms with Crippen LogP contribution in [0.1, 0.15) is 0 Å². The van der Waals surface area contributed by atoms with Crippen molar-refractivity contribution in [3.63, 3.8) is 0 Å². The van der Waals surface area contributed by atoms with Gasteiger partial charge in [-0.3, -0.25) is 0 Å². The summed E-state index contributed by atoms with van der Waals surface area (Å²) in [5, 5.41) is 3.02. The van der Waals surface area contributed by atoms with Crippen LogP contribution in [0.15, 0.2) is 36.4 Å².